The standard InChI is InChI=1S/C24H28N4O6S/c1-3-28-22(29)20(26-16-9-7-13-25-15-16)19(21(27(28)2)18-12-8-14-35-18)23(30)33-34-24(31)32-17-10-5-4-6-11-17/h7-9,12-15,17,21,26H,3-6,10-11H2,1-2H3. The van der Waals surface area contributed by atoms with E-state index in [1.54, 1.807) is 30.4 Å². The number of ether oxygens (including phenoxy) is 1. The fourth-order valence-corrected chi connectivity index (χ4v) is 5.23. The first kappa shape index (κ1) is 24.7. The summed E-state index contributed by atoms with van der Waals surface area (Å²) >= 11 is 1.43. The van der Waals surface area contributed by atoms with Crippen LogP contribution in [0.5, 0.6) is 0 Å². The molecule has 0 bridgehead atoms. The minimum absolute atomic E-state index is 0.0129. The van der Waals surface area contributed by atoms with Gasteiger partial charge in [0.25, 0.3) is 5.91 Å². The molecule has 1 unspecified atom stereocenters. The zero-order chi connectivity index (χ0) is 24.8. The van der Waals surface area contributed by atoms with Crippen molar-refractivity contribution in [1.82, 2.24) is 15.0 Å². The van der Waals surface area contributed by atoms with Crippen molar-refractivity contribution in [1.29, 1.82) is 0 Å². The van der Waals surface area contributed by atoms with Crippen LogP contribution < -0.4 is 5.32 Å². The van der Waals surface area contributed by atoms with Crippen molar-refractivity contribution in [2.75, 3.05) is 18.9 Å². The first-order valence-electron chi connectivity index (χ1n) is 11.6. The van der Waals surface area contributed by atoms with E-state index in [0.717, 1.165) is 37.0 Å². The van der Waals surface area contributed by atoms with Crippen molar-refractivity contribution in [3.05, 3.63) is 58.2 Å². The Morgan fingerprint density at radius 3 is 2.63 bits per heavy atom. The third kappa shape index (κ3) is 5.63. The smallest absolute Gasteiger partial charge is 0.428 e. The summed E-state index contributed by atoms with van der Waals surface area (Å²) in [6.07, 6.45) is 6.35. The second-order valence-electron chi connectivity index (χ2n) is 8.25. The van der Waals surface area contributed by atoms with Gasteiger partial charge in [0.1, 0.15) is 11.8 Å². The lowest BCUT2D eigenvalue weighted by Crippen LogP contribution is -2.53. The third-order valence-corrected chi connectivity index (χ3v) is 6.93. The molecule has 186 valence electrons. The van der Waals surface area contributed by atoms with Gasteiger partial charge in [-0.15, -0.1) is 11.3 Å². The third-order valence-electron chi connectivity index (χ3n) is 6.01. The number of aromatic nitrogens is 1. The van der Waals surface area contributed by atoms with Crippen LogP contribution in [0.3, 0.4) is 0 Å². The normalized spacial score (nSPS) is 19.4. The maximum atomic E-state index is 13.4. The summed E-state index contributed by atoms with van der Waals surface area (Å²) in [5.41, 5.74) is 0.550. The SMILES string of the molecule is CCN1C(=O)C(Nc2cccnc2)=C(C(=O)OOC(=O)OC2CCCCC2)C(c2cccs2)N1C. The number of hydrogen-bond acceptors (Lipinski definition) is 10. The Bertz CT molecular complexity index is 1070. The predicted octanol–water partition coefficient (Wildman–Crippen LogP) is 4.20. The molecule has 2 aromatic heterocycles. The molecule has 2 aromatic rings. The predicted molar refractivity (Wildman–Crippen MR) is 128 cm³/mol. The summed E-state index contributed by atoms with van der Waals surface area (Å²) in [6, 6.07) is 6.50. The number of likely N-dealkylation sites (N-methyl/N-ethyl adjacent to an activating group) is 2. The summed E-state index contributed by atoms with van der Waals surface area (Å²) in [6.45, 7) is 2.22. The summed E-state index contributed by atoms with van der Waals surface area (Å²) in [5.74, 6) is -1.39. The Kier molecular flexibility index (Phi) is 7.98. The van der Waals surface area contributed by atoms with Gasteiger partial charge in [-0.2, -0.15) is 4.79 Å². The molecule has 10 nitrogen and oxygen atoms in total. The number of amides is 1. The Balaban J connectivity index is 1.63. The van der Waals surface area contributed by atoms with Crippen LogP contribution in [0.15, 0.2) is 53.3 Å². The highest BCUT2D eigenvalue weighted by Gasteiger charge is 2.43. The lowest BCUT2D eigenvalue weighted by Gasteiger charge is -2.42. The molecule has 1 N–H and O–H groups in total. The van der Waals surface area contributed by atoms with E-state index in [1.165, 1.54) is 22.5 Å². The number of hydrazine groups is 1. The molecule has 2 aliphatic rings. The van der Waals surface area contributed by atoms with Gasteiger partial charge in [0.2, 0.25) is 0 Å². The monoisotopic (exact) mass is 500 g/mol. The zero-order valence-electron chi connectivity index (χ0n) is 19.6. The van der Waals surface area contributed by atoms with Crippen molar-refractivity contribution < 1.29 is 28.9 Å². The van der Waals surface area contributed by atoms with Crippen LogP contribution in [0.2, 0.25) is 0 Å². The van der Waals surface area contributed by atoms with Gasteiger partial charge >= 0.3 is 12.1 Å². The minimum atomic E-state index is -1.08. The number of hydrogen-bond donors (Lipinski definition) is 1. The van der Waals surface area contributed by atoms with E-state index < -0.39 is 24.1 Å². The molecule has 1 amide bonds. The second-order valence-corrected chi connectivity index (χ2v) is 9.23. The topological polar surface area (TPSA) is 110 Å². The van der Waals surface area contributed by atoms with E-state index >= 15 is 0 Å². The average molecular weight is 501 g/mol. The zero-order valence-corrected chi connectivity index (χ0v) is 20.5. The largest absolute Gasteiger partial charge is 0.550 e. The number of rotatable bonds is 6. The van der Waals surface area contributed by atoms with E-state index in [4.69, 9.17) is 14.5 Å². The van der Waals surface area contributed by atoms with E-state index in [0.29, 0.717) is 12.2 Å². The van der Waals surface area contributed by atoms with Crippen molar-refractivity contribution in [2.24, 2.45) is 0 Å². The highest BCUT2D eigenvalue weighted by molar-refractivity contribution is 7.10. The van der Waals surface area contributed by atoms with Crippen molar-refractivity contribution in [3.63, 3.8) is 0 Å². The van der Waals surface area contributed by atoms with Crippen molar-refractivity contribution >= 4 is 35.1 Å². The van der Waals surface area contributed by atoms with Crippen LogP contribution in [0.4, 0.5) is 10.5 Å². The molecule has 35 heavy (non-hydrogen) atoms. The minimum Gasteiger partial charge on any atom is -0.428 e. The number of carbonyl (C=O) groups excluding carboxylic acids is 3. The lowest BCUT2D eigenvalue weighted by atomic mass is 9.98. The Morgan fingerprint density at radius 1 is 1.17 bits per heavy atom. The highest BCUT2D eigenvalue weighted by atomic mass is 32.1. The number of nitrogens with one attached hydrogen (secondary N) is 1. The first-order valence-corrected chi connectivity index (χ1v) is 12.5. The summed E-state index contributed by atoms with van der Waals surface area (Å²) in [5, 5.41) is 8.11. The van der Waals surface area contributed by atoms with Gasteiger partial charge in [0.15, 0.2) is 0 Å². The number of pyridine rings is 1. The molecule has 3 heterocycles. The molecule has 0 saturated heterocycles. The molecule has 1 atom stereocenters. The van der Waals surface area contributed by atoms with Crippen molar-refractivity contribution in [2.45, 2.75) is 51.2 Å². The van der Waals surface area contributed by atoms with Crippen LogP contribution in [0.25, 0.3) is 0 Å². The lowest BCUT2D eigenvalue weighted by molar-refractivity contribution is -0.243. The van der Waals surface area contributed by atoms with E-state index in [1.807, 2.05) is 24.4 Å². The van der Waals surface area contributed by atoms with Gasteiger partial charge in [0.05, 0.1) is 23.5 Å². The van der Waals surface area contributed by atoms with Gasteiger partial charge in [-0.3, -0.25) is 14.8 Å². The summed E-state index contributed by atoms with van der Waals surface area (Å²) in [7, 11) is 1.72. The molecule has 4 rings (SSSR count). The Morgan fingerprint density at radius 2 is 1.97 bits per heavy atom. The molecule has 1 aliphatic heterocycles. The molecule has 0 radical (unpaired) electrons. The van der Waals surface area contributed by atoms with Crippen LogP contribution in [0, 0.1) is 0 Å². The number of nitrogens with zero attached hydrogens (tertiary/aromatic N) is 3. The van der Waals surface area contributed by atoms with Crippen LogP contribution in [-0.4, -0.2) is 52.7 Å². The fraction of sp³-hybridized carbons (Fsp3) is 0.417. The number of thiophene rings is 1. The molecule has 0 spiro atoms. The van der Waals surface area contributed by atoms with E-state index in [2.05, 4.69) is 10.3 Å². The number of carbonyl (C=O) groups is 3. The van der Waals surface area contributed by atoms with Crippen LogP contribution >= 0.6 is 11.3 Å². The van der Waals surface area contributed by atoms with Crippen LogP contribution in [0.1, 0.15) is 49.9 Å². The van der Waals surface area contributed by atoms with Crippen molar-refractivity contribution in [3.8, 4) is 0 Å². The molecule has 0 aromatic carbocycles. The average Bonchev–Trinajstić information content (AvgIpc) is 3.40. The van der Waals surface area contributed by atoms with E-state index in [-0.39, 0.29) is 17.4 Å². The van der Waals surface area contributed by atoms with E-state index in [9.17, 15) is 14.4 Å². The highest BCUT2D eigenvalue weighted by Crippen LogP contribution is 2.38. The van der Waals surface area contributed by atoms with Gasteiger partial charge < -0.3 is 10.1 Å². The summed E-state index contributed by atoms with van der Waals surface area (Å²) < 4.78 is 5.27. The summed E-state index contributed by atoms with van der Waals surface area (Å²) in [4.78, 5) is 53.4. The molecule has 11 heteroatoms. The Hall–Kier alpha value is -3.44. The first-order chi connectivity index (χ1) is 17.0. The van der Waals surface area contributed by atoms with Gasteiger partial charge in [0, 0.05) is 24.7 Å². The molecule has 1 aliphatic carbocycles. The second kappa shape index (κ2) is 11.3. The van der Waals surface area contributed by atoms with Gasteiger partial charge in [-0.1, -0.05) is 12.5 Å². The van der Waals surface area contributed by atoms with Gasteiger partial charge in [-0.25, -0.2) is 19.6 Å². The number of anilines is 1. The molecule has 1 fully saturated rings. The molecule has 1 saturated carbocycles. The maximum absolute atomic E-state index is 13.4. The quantitative estimate of drug-likeness (QED) is 0.354. The molecular formula is C24H28N4O6S. The fourth-order valence-electron chi connectivity index (χ4n) is 4.36. The Labute approximate surface area is 207 Å². The van der Waals surface area contributed by atoms with Gasteiger partial charge in [-0.05, 0) is 56.2 Å². The molecular weight excluding hydrogens is 472 g/mol. The van der Waals surface area contributed by atoms with Crippen LogP contribution in [-0.2, 0) is 24.1 Å². The maximum Gasteiger partial charge on any atom is 0.550 e.